The van der Waals surface area contributed by atoms with E-state index in [1.165, 1.54) is 17.0 Å². The zero-order valence-corrected chi connectivity index (χ0v) is 14.4. The number of hydrogen-bond donors (Lipinski definition) is 0. The monoisotopic (exact) mass is 318 g/mol. The minimum atomic E-state index is 0.0356. The molecule has 22 heavy (non-hydrogen) atoms. The van der Waals surface area contributed by atoms with Crippen LogP contribution in [0.1, 0.15) is 56.2 Å². The van der Waals surface area contributed by atoms with E-state index >= 15 is 0 Å². The van der Waals surface area contributed by atoms with E-state index in [1.54, 1.807) is 11.3 Å². The quantitative estimate of drug-likeness (QED) is 0.863. The van der Waals surface area contributed by atoms with Crippen molar-refractivity contribution >= 4 is 17.2 Å². The van der Waals surface area contributed by atoms with E-state index in [0.29, 0.717) is 17.2 Å². The Morgan fingerprint density at radius 3 is 2.91 bits per heavy atom. The van der Waals surface area contributed by atoms with Crippen LogP contribution in [0.2, 0.25) is 0 Å². The molecule has 1 amide bonds. The van der Waals surface area contributed by atoms with Crippen LogP contribution in [0.5, 0.6) is 0 Å². The van der Waals surface area contributed by atoms with Gasteiger partial charge in [0.25, 0.3) is 5.91 Å². The van der Waals surface area contributed by atoms with E-state index in [2.05, 4.69) is 6.92 Å². The maximum atomic E-state index is 12.6. The fourth-order valence-corrected chi connectivity index (χ4v) is 4.33. The third kappa shape index (κ3) is 2.82. The lowest BCUT2D eigenvalue weighted by atomic mass is 9.90. The van der Waals surface area contributed by atoms with E-state index < -0.39 is 0 Å². The van der Waals surface area contributed by atoms with E-state index in [9.17, 15) is 4.79 Å². The first-order chi connectivity index (χ1) is 10.5. The number of amides is 1. The van der Waals surface area contributed by atoms with Gasteiger partial charge < -0.3 is 9.32 Å². The van der Waals surface area contributed by atoms with Gasteiger partial charge in [-0.15, -0.1) is 11.3 Å². The van der Waals surface area contributed by atoms with Crippen LogP contribution in [-0.2, 0) is 6.42 Å². The Morgan fingerprint density at radius 1 is 1.45 bits per heavy atom. The predicted octanol–water partition coefficient (Wildman–Crippen LogP) is 3.85. The molecule has 2 heterocycles. The molecule has 3 rings (SSSR count). The van der Waals surface area contributed by atoms with Gasteiger partial charge in [0.2, 0.25) is 0 Å². The van der Waals surface area contributed by atoms with Crippen molar-refractivity contribution < 1.29 is 9.21 Å². The highest BCUT2D eigenvalue weighted by atomic mass is 32.1. The van der Waals surface area contributed by atoms with Crippen LogP contribution in [0.4, 0.5) is 0 Å². The number of likely N-dealkylation sites (N-methyl/N-ethyl adjacent to an activating group) is 1. The molecule has 0 spiro atoms. The van der Waals surface area contributed by atoms with Crippen LogP contribution in [0.25, 0.3) is 0 Å². The third-order valence-electron chi connectivity index (χ3n) is 4.29. The molecular weight excluding hydrogens is 296 g/mol. The molecule has 1 atom stereocenters. The van der Waals surface area contributed by atoms with Crippen molar-refractivity contribution in [2.24, 2.45) is 0 Å². The summed E-state index contributed by atoms with van der Waals surface area (Å²) in [6, 6.07) is 1.83. The van der Waals surface area contributed by atoms with Crippen molar-refractivity contribution in [2.75, 3.05) is 13.6 Å². The highest BCUT2D eigenvalue weighted by Gasteiger charge is 2.27. The van der Waals surface area contributed by atoms with Gasteiger partial charge in [0.05, 0.1) is 16.3 Å². The summed E-state index contributed by atoms with van der Waals surface area (Å²) >= 11 is 1.80. The van der Waals surface area contributed by atoms with Crippen LogP contribution >= 0.6 is 11.3 Å². The highest BCUT2D eigenvalue weighted by molar-refractivity contribution is 7.11. The summed E-state index contributed by atoms with van der Waals surface area (Å²) in [6.45, 7) is 6.50. The molecule has 4 nitrogen and oxygen atoms in total. The van der Waals surface area contributed by atoms with Crippen molar-refractivity contribution in [3.05, 3.63) is 38.7 Å². The van der Waals surface area contributed by atoms with Crippen LogP contribution in [0, 0.1) is 20.8 Å². The smallest absolute Gasteiger partial charge is 0.257 e. The van der Waals surface area contributed by atoms with Crippen molar-refractivity contribution in [2.45, 2.75) is 46.0 Å². The van der Waals surface area contributed by atoms with Crippen molar-refractivity contribution in [1.82, 2.24) is 9.88 Å². The van der Waals surface area contributed by atoms with E-state index in [0.717, 1.165) is 30.2 Å². The standard InChI is InChI=1S/C17H22N2O2S/c1-10-8-14(11(2)21-10)17(20)19(4)9-13-6-5-7-15-16(13)18-12(3)22-15/h8,13H,5-7,9H2,1-4H3. The number of nitrogens with zero attached hydrogens (tertiary/aromatic N) is 2. The SMILES string of the molecule is Cc1cc(C(=O)N(C)CC2CCCc3sc(C)nc32)c(C)o1. The molecule has 0 saturated heterocycles. The summed E-state index contributed by atoms with van der Waals surface area (Å²) in [4.78, 5) is 20.5. The molecule has 2 aromatic rings. The highest BCUT2D eigenvalue weighted by Crippen LogP contribution is 2.35. The summed E-state index contributed by atoms with van der Waals surface area (Å²) in [5.74, 6) is 1.87. The Hall–Kier alpha value is -1.62. The van der Waals surface area contributed by atoms with Crippen LogP contribution < -0.4 is 0 Å². The largest absolute Gasteiger partial charge is 0.466 e. The zero-order chi connectivity index (χ0) is 15.9. The number of fused-ring (bicyclic) bond motifs is 1. The normalized spacial score (nSPS) is 17.4. The van der Waals surface area contributed by atoms with Crippen molar-refractivity contribution in [1.29, 1.82) is 0 Å². The molecule has 1 aliphatic carbocycles. The summed E-state index contributed by atoms with van der Waals surface area (Å²) in [6.07, 6.45) is 3.43. The maximum Gasteiger partial charge on any atom is 0.257 e. The Bertz CT molecular complexity index is 702. The van der Waals surface area contributed by atoms with Crippen molar-refractivity contribution in [3.8, 4) is 0 Å². The minimum absolute atomic E-state index is 0.0356. The first-order valence-electron chi connectivity index (χ1n) is 7.74. The van der Waals surface area contributed by atoms with Gasteiger partial charge in [-0.3, -0.25) is 4.79 Å². The topological polar surface area (TPSA) is 46.3 Å². The first kappa shape index (κ1) is 15.3. The van der Waals surface area contributed by atoms with Gasteiger partial charge in [0, 0.05) is 24.4 Å². The molecule has 1 unspecified atom stereocenters. The number of carbonyl (C=O) groups excluding carboxylic acids is 1. The molecule has 1 aliphatic rings. The second-order valence-corrected chi connectivity index (χ2v) is 7.43. The average molecular weight is 318 g/mol. The lowest BCUT2D eigenvalue weighted by Crippen LogP contribution is -2.32. The first-order valence-corrected chi connectivity index (χ1v) is 8.56. The Labute approximate surface area is 135 Å². The van der Waals surface area contributed by atoms with E-state index in [-0.39, 0.29) is 5.91 Å². The lowest BCUT2D eigenvalue weighted by Gasteiger charge is -2.26. The fourth-order valence-electron chi connectivity index (χ4n) is 3.27. The van der Waals surface area contributed by atoms with Gasteiger partial charge in [-0.05, 0) is 46.1 Å². The van der Waals surface area contributed by atoms with Crippen molar-refractivity contribution in [3.63, 3.8) is 0 Å². The number of furan rings is 1. The Kier molecular flexibility index (Phi) is 4.08. The summed E-state index contributed by atoms with van der Waals surface area (Å²) in [5.41, 5.74) is 1.89. The van der Waals surface area contributed by atoms with Crippen LogP contribution in [-0.4, -0.2) is 29.4 Å². The summed E-state index contributed by atoms with van der Waals surface area (Å²) in [5, 5.41) is 1.13. The van der Waals surface area contributed by atoms with Crippen LogP contribution in [0.15, 0.2) is 10.5 Å². The molecule has 0 aromatic carbocycles. The molecule has 0 bridgehead atoms. The van der Waals surface area contributed by atoms with E-state index in [1.807, 2.05) is 31.9 Å². The van der Waals surface area contributed by atoms with E-state index in [4.69, 9.17) is 9.40 Å². The van der Waals surface area contributed by atoms with Crippen LogP contribution in [0.3, 0.4) is 0 Å². The molecule has 0 aliphatic heterocycles. The van der Waals surface area contributed by atoms with Gasteiger partial charge in [-0.25, -0.2) is 4.98 Å². The van der Waals surface area contributed by atoms with Gasteiger partial charge >= 0.3 is 0 Å². The minimum Gasteiger partial charge on any atom is -0.466 e. The Balaban J connectivity index is 1.76. The lowest BCUT2D eigenvalue weighted by molar-refractivity contribution is 0.0781. The number of aryl methyl sites for hydroxylation is 4. The Morgan fingerprint density at radius 2 is 2.23 bits per heavy atom. The van der Waals surface area contributed by atoms with Gasteiger partial charge in [0.15, 0.2) is 0 Å². The molecule has 0 fully saturated rings. The number of aromatic nitrogens is 1. The van der Waals surface area contributed by atoms with Gasteiger partial charge in [-0.2, -0.15) is 0 Å². The number of carbonyl (C=O) groups is 1. The number of hydrogen-bond acceptors (Lipinski definition) is 4. The maximum absolute atomic E-state index is 12.6. The fraction of sp³-hybridized carbons (Fsp3) is 0.529. The number of thiazole rings is 1. The molecule has 2 aromatic heterocycles. The average Bonchev–Trinajstić information content (AvgIpc) is 3.00. The zero-order valence-electron chi connectivity index (χ0n) is 13.6. The molecule has 0 radical (unpaired) electrons. The molecule has 0 saturated carbocycles. The van der Waals surface area contributed by atoms with Gasteiger partial charge in [-0.1, -0.05) is 0 Å². The second-order valence-electron chi connectivity index (χ2n) is 6.14. The number of rotatable bonds is 3. The molecular formula is C17H22N2O2S. The molecule has 118 valence electrons. The molecule has 0 N–H and O–H groups in total. The second kappa shape index (κ2) is 5.88. The summed E-state index contributed by atoms with van der Waals surface area (Å²) < 4.78 is 5.48. The van der Waals surface area contributed by atoms with Gasteiger partial charge in [0.1, 0.15) is 11.5 Å². The summed E-state index contributed by atoms with van der Waals surface area (Å²) in [7, 11) is 1.87. The molecule has 5 heteroatoms. The predicted molar refractivity (Wildman–Crippen MR) is 87.7 cm³/mol. The third-order valence-corrected chi connectivity index (χ3v) is 5.34.